The first-order valence-corrected chi connectivity index (χ1v) is 10.2. The summed E-state index contributed by atoms with van der Waals surface area (Å²) in [4.78, 5) is 5.64. The van der Waals surface area contributed by atoms with Crippen molar-refractivity contribution in [2.75, 3.05) is 0 Å². The van der Waals surface area contributed by atoms with Gasteiger partial charge >= 0.3 is 0 Å². The summed E-state index contributed by atoms with van der Waals surface area (Å²) in [5, 5.41) is 14.9. The van der Waals surface area contributed by atoms with Crippen LogP contribution >= 0.6 is 0 Å². The Morgan fingerprint density at radius 1 is 1.28 bits per heavy atom. The highest BCUT2D eigenvalue weighted by Crippen LogP contribution is 2.67. The average Bonchev–Trinajstić information content (AvgIpc) is 3.08. The quantitative estimate of drug-likeness (QED) is 0.523. The van der Waals surface area contributed by atoms with E-state index in [2.05, 4.69) is 38.2 Å². The van der Waals surface area contributed by atoms with Gasteiger partial charge in [0.15, 0.2) is 0 Å². The molecule has 4 aliphatic carbocycles. The van der Waals surface area contributed by atoms with E-state index in [-0.39, 0.29) is 5.41 Å². The van der Waals surface area contributed by atoms with Crippen molar-refractivity contribution in [3.05, 3.63) is 12.2 Å². The molecule has 0 radical (unpaired) electrons. The summed E-state index contributed by atoms with van der Waals surface area (Å²) in [7, 11) is 0. The van der Waals surface area contributed by atoms with Gasteiger partial charge in [0.25, 0.3) is 0 Å². The van der Waals surface area contributed by atoms with Crippen LogP contribution in [0.2, 0.25) is 0 Å². The molecule has 3 saturated carbocycles. The summed E-state index contributed by atoms with van der Waals surface area (Å²) < 4.78 is 0. The molecule has 0 saturated heterocycles. The molecule has 5 aliphatic rings. The van der Waals surface area contributed by atoms with Crippen LogP contribution in [0.15, 0.2) is 17.3 Å². The standard InChI is InChI=1S/C21H32N2O2/c1-12-8-14-9-17-13(11-23-25-17)10-19(14,2)15-4-6-20(3)16(18(12)15)5-7-21(20,22)24/h5,7,11-18,24H,4,6,8-10,22H2,1-3H3/t12?,13?,14?,15?,16?,17?,18?,19-,20-,21-/m0/s1. The molecule has 1 aliphatic heterocycles. The Morgan fingerprint density at radius 2 is 2.08 bits per heavy atom. The Balaban J connectivity index is 1.51. The van der Waals surface area contributed by atoms with E-state index in [0.717, 1.165) is 18.8 Å². The molecular formula is C21H32N2O2. The Labute approximate surface area is 150 Å². The number of hydrogen-bond acceptors (Lipinski definition) is 4. The van der Waals surface area contributed by atoms with E-state index in [1.54, 1.807) is 0 Å². The molecule has 4 heteroatoms. The minimum atomic E-state index is -1.15. The summed E-state index contributed by atoms with van der Waals surface area (Å²) in [6.07, 6.45) is 12.4. The van der Waals surface area contributed by atoms with Crippen molar-refractivity contribution in [1.29, 1.82) is 0 Å². The molecule has 10 atom stereocenters. The summed E-state index contributed by atoms with van der Waals surface area (Å²) >= 11 is 0. The molecule has 0 bridgehead atoms. The molecule has 0 amide bonds. The summed E-state index contributed by atoms with van der Waals surface area (Å²) in [6.45, 7) is 7.19. The van der Waals surface area contributed by atoms with E-state index in [1.807, 2.05) is 6.08 Å². The van der Waals surface area contributed by atoms with Crippen LogP contribution in [-0.2, 0) is 4.84 Å². The molecule has 3 fully saturated rings. The monoisotopic (exact) mass is 344 g/mol. The number of nitrogens with zero attached hydrogens (tertiary/aromatic N) is 1. The first-order chi connectivity index (χ1) is 11.8. The van der Waals surface area contributed by atoms with Crippen LogP contribution < -0.4 is 5.73 Å². The number of oxime groups is 1. The van der Waals surface area contributed by atoms with Crippen LogP contribution in [0, 0.1) is 46.3 Å². The third-order valence-corrected chi connectivity index (χ3v) is 9.27. The van der Waals surface area contributed by atoms with Gasteiger partial charge in [-0.2, -0.15) is 0 Å². The fourth-order valence-corrected chi connectivity index (χ4v) is 7.68. The lowest BCUT2D eigenvalue weighted by Crippen LogP contribution is -2.62. The maximum atomic E-state index is 10.8. The first-order valence-electron chi connectivity index (χ1n) is 10.2. The lowest BCUT2D eigenvalue weighted by Gasteiger charge is -2.63. The van der Waals surface area contributed by atoms with Crippen LogP contribution in [0.3, 0.4) is 0 Å². The minimum absolute atomic E-state index is 0.208. The molecule has 7 unspecified atom stereocenters. The summed E-state index contributed by atoms with van der Waals surface area (Å²) in [6, 6.07) is 0. The Hall–Kier alpha value is -0.870. The van der Waals surface area contributed by atoms with Gasteiger partial charge in [0.2, 0.25) is 0 Å². The Bertz CT molecular complexity index is 644. The SMILES string of the molecule is CC1CC2CC3ON=CC3C[C@]2(C)C2CC[C@@]3(C)C(C=C[C@]3(N)O)C12. The van der Waals surface area contributed by atoms with Gasteiger partial charge in [0, 0.05) is 11.3 Å². The smallest absolute Gasteiger partial charge is 0.138 e. The van der Waals surface area contributed by atoms with E-state index in [0.29, 0.717) is 41.1 Å². The zero-order chi connectivity index (χ0) is 17.6. The van der Waals surface area contributed by atoms with Crippen molar-refractivity contribution < 1.29 is 9.94 Å². The van der Waals surface area contributed by atoms with Crippen molar-refractivity contribution in [3.63, 3.8) is 0 Å². The van der Waals surface area contributed by atoms with E-state index in [4.69, 9.17) is 10.6 Å². The molecule has 0 spiro atoms. The second-order valence-corrected chi connectivity index (χ2v) is 10.3. The molecule has 0 aromatic rings. The maximum absolute atomic E-state index is 10.8. The van der Waals surface area contributed by atoms with E-state index in [9.17, 15) is 5.11 Å². The molecule has 5 rings (SSSR count). The summed E-state index contributed by atoms with van der Waals surface area (Å²) in [5.41, 5.74) is 5.31. The van der Waals surface area contributed by atoms with Gasteiger partial charge in [-0.3, -0.25) is 5.73 Å². The number of fused-ring (bicyclic) bond motifs is 6. The lowest BCUT2D eigenvalue weighted by atomic mass is 9.42. The van der Waals surface area contributed by atoms with Crippen LogP contribution in [-0.4, -0.2) is 23.2 Å². The van der Waals surface area contributed by atoms with E-state index >= 15 is 0 Å². The molecule has 138 valence electrons. The fourth-order valence-electron chi connectivity index (χ4n) is 7.68. The van der Waals surface area contributed by atoms with Crippen LogP contribution in [0.1, 0.15) is 52.9 Å². The van der Waals surface area contributed by atoms with Crippen molar-refractivity contribution in [2.24, 2.45) is 57.2 Å². The largest absolute Gasteiger partial charge is 0.392 e. The van der Waals surface area contributed by atoms with Crippen molar-refractivity contribution >= 4 is 6.21 Å². The van der Waals surface area contributed by atoms with Crippen molar-refractivity contribution in [2.45, 2.75) is 64.7 Å². The first kappa shape index (κ1) is 16.3. The number of aliphatic hydroxyl groups is 1. The maximum Gasteiger partial charge on any atom is 0.138 e. The predicted octanol–water partition coefficient (Wildman–Crippen LogP) is 3.31. The molecular weight excluding hydrogens is 312 g/mol. The number of rotatable bonds is 0. The molecule has 4 nitrogen and oxygen atoms in total. The van der Waals surface area contributed by atoms with Crippen LogP contribution in [0.4, 0.5) is 0 Å². The highest BCUT2D eigenvalue weighted by molar-refractivity contribution is 5.63. The van der Waals surface area contributed by atoms with Crippen LogP contribution in [0.25, 0.3) is 0 Å². The fraction of sp³-hybridized carbons (Fsp3) is 0.857. The molecule has 1 heterocycles. The number of allylic oxidation sites excluding steroid dienone is 1. The van der Waals surface area contributed by atoms with Gasteiger partial charge in [-0.15, -0.1) is 0 Å². The van der Waals surface area contributed by atoms with E-state index < -0.39 is 5.72 Å². The van der Waals surface area contributed by atoms with Gasteiger partial charge < -0.3 is 9.94 Å². The average molecular weight is 344 g/mol. The van der Waals surface area contributed by atoms with Gasteiger partial charge in [-0.25, -0.2) is 0 Å². The van der Waals surface area contributed by atoms with Crippen molar-refractivity contribution in [3.8, 4) is 0 Å². The third-order valence-electron chi connectivity index (χ3n) is 9.27. The summed E-state index contributed by atoms with van der Waals surface area (Å²) in [5.74, 6) is 3.65. The molecule has 0 aromatic carbocycles. The van der Waals surface area contributed by atoms with E-state index in [1.165, 1.54) is 19.3 Å². The number of hydrogen-bond donors (Lipinski definition) is 2. The molecule has 25 heavy (non-hydrogen) atoms. The van der Waals surface area contributed by atoms with Gasteiger partial charge in [0.1, 0.15) is 11.8 Å². The molecule has 3 N–H and O–H groups in total. The third kappa shape index (κ3) is 1.93. The molecule has 0 aromatic heterocycles. The number of nitrogens with two attached hydrogens (primary N) is 1. The normalized spacial score (nSPS) is 61.9. The van der Waals surface area contributed by atoms with Gasteiger partial charge in [-0.1, -0.05) is 32.0 Å². The highest BCUT2D eigenvalue weighted by atomic mass is 16.6. The zero-order valence-corrected chi connectivity index (χ0v) is 15.7. The van der Waals surface area contributed by atoms with Crippen LogP contribution in [0.5, 0.6) is 0 Å². The minimum Gasteiger partial charge on any atom is -0.392 e. The Morgan fingerprint density at radius 3 is 2.88 bits per heavy atom. The highest BCUT2D eigenvalue weighted by Gasteiger charge is 2.64. The van der Waals surface area contributed by atoms with Gasteiger partial charge in [-0.05, 0) is 73.2 Å². The second kappa shape index (κ2) is 4.89. The zero-order valence-electron chi connectivity index (χ0n) is 15.7. The lowest BCUT2D eigenvalue weighted by molar-refractivity contribution is -0.171. The topological polar surface area (TPSA) is 67.8 Å². The van der Waals surface area contributed by atoms with Crippen molar-refractivity contribution in [1.82, 2.24) is 0 Å². The predicted molar refractivity (Wildman–Crippen MR) is 97.6 cm³/mol. The Kier molecular flexibility index (Phi) is 3.19. The second-order valence-electron chi connectivity index (χ2n) is 10.3. The van der Waals surface area contributed by atoms with Gasteiger partial charge in [0.05, 0.1) is 6.21 Å².